The summed E-state index contributed by atoms with van der Waals surface area (Å²) in [6.07, 6.45) is 1.40. The third-order valence-electron chi connectivity index (χ3n) is 3.61. The fraction of sp³-hybridized carbons (Fsp3) is 0.333. The van der Waals surface area contributed by atoms with Gasteiger partial charge >= 0.3 is 10.8 Å². The SMILES string of the molecule is Cc1ccc2c(c1)-c1c(sc(=O)n1CCCC(=O)O)C2. The van der Waals surface area contributed by atoms with Gasteiger partial charge in [-0.25, -0.2) is 0 Å². The molecule has 4 nitrogen and oxygen atoms in total. The van der Waals surface area contributed by atoms with Crippen molar-refractivity contribution in [3.63, 3.8) is 0 Å². The van der Waals surface area contributed by atoms with Crippen molar-refractivity contribution in [1.29, 1.82) is 0 Å². The number of thiazole rings is 1. The summed E-state index contributed by atoms with van der Waals surface area (Å²) in [5.41, 5.74) is 4.56. The van der Waals surface area contributed by atoms with Gasteiger partial charge in [-0.2, -0.15) is 0 Å². The molecule has 1 aromatic carbocycles. The van der Waals surface area contributed by atoms with Crippen LogP contribution in [0.2, 0.25) is 0 Å². The van der Waals surface area contributed by atoms with Gasteiger partial charge < -0.3 is 5.11 Å². The highest BCUT2D eigenvalue weighted by Crippen LogP contribution is 2.38. The van der Waals surface area contributed by atoms with Crippen LogP contribution in [0.4, 0.5) is 0 Å². The average Bonchev–Trinajstić information content (AvgIpc) is 2.85. The van der Waals surface area contributed by atoms with Crippen molar-refractivity contribution in [2.75, 3.05) is 0 Å². The summed E-state index contributed by atoms with van der Waals surface area (Å²) >= 11 is 1.28. The van der Waals surface area contributed by atoms with Crippen molar-refractivity contribution < 1.29 is 9.90 Å². The Morgan fingerprint density at radius 2 is 2.25 bits per heavy atom. The molecule has 1 aliphatic carbocycles. The maximum absolute atomic E-state index is 12.1. The monoisotopic (exact) mass is 289 g/mol. The smallest absolute Gasteiger partial charge is 0.307 e. The summed E-state index contributed by atoms with van der Waals surface area (Å²) in [6, 6.07) is 6.31. The third-order valence-corrected chi connectivity index (χ3v) is 4.59. The third kappa shape index (κ3) is 2.18. The maximum atomic E-state index is 12.1. The predicted octanol–water partition coefficient (Wildman–Crippen LogP) is 2.65. The summed E-state index contributed by atoms with van der Waals surface area (Å²) < 4.78 is 1.74. The Morgan fingerprint density at radius 3 is 3.00 bits per heavy atom. The predicted molar refractivity (Wildman–Crippen MR) is 78.4 cm³/mol. The minimum Gasteiger partial charge on any atom is -0.481 e. The second-order valence-corrected chi connectivity index (χ2v) is 6.17. The zero-order chi connectivity index (χ0) is 14.3. The Labute approximate surface area is 120 Å². The molecule has 0 aliphatic heterocycles. The van der Waals surface area contributed by atoms with Crippen LogP contribution in [0.5, 0.6) is 0 Å². The minimum absolute atomic E-state index is 0.0209. The molecule has 0 bridgehead atoms. The zero-order valence-corrected chi connectivity index (χ0v) is 12.0. The number of aromatic nitrogens is 1. The van der Waals surface area contributed by atoms with Crippen LogP contribution in [-0.2, 0) is 17.8 Å². The molecule has 0 saturated heterocycles. The molecule has 0 fully saturated rings. The first-order valence-electron chi connectivity index (χ1n) is 6.60. The van der Waals surface area contributed by atoms with Gasteiger partial charge in [0, 0.05) is 29.8 Å². The number of carbonyl (C=O) groups is 1. The number of nitrogens with zero attached hydrogens (tertiary/aromatic N) is 1. The highest BCUT2D eigenvalue weighted by Gasteiger charge is 2.25. The van der Waals surface area contributed by atoms with E-state index in [-0.39, 0.29) is 11.3 Å². The van der Waals surface area contributed by atoms with E-state index in [9.17, 15) is 9.59 Å². The Hall–Kier alpha value is -1.88. The van der Waals surface area contributed by atoms with Crippen molar-refractivity contribution in [2.24, 2.45) is 0 Å². The van der Waals surface area contributed by atoms with Gasteiger partial charge in [0.1, 0.15) is 0 Å². The first-order valence-corrected chi connectivity index (χ1v) is 7.42. The van der Waals surface area contributed by atoms with Crippen molar-refractivity contribution in [2.45, 2.75) is 32.7 Å². The first kappa shape index (κ1) is 13.1. The highest BCUT2D eigenvalue weighted by molar-refractivity contribution is 7.09. The second-order valence-electron chi connectivity index (χ2n) is 5.13. The van der Waals surface area contributed by atoms with E-state index < -0.39 is 5.97 Å². The summed E-state index contributed by atoms with van der Waals surface area (Å²) in [5, 5.41) is 8.71. The number of benzene rings is 1. The fourth-order valence-corrected chi connectivity index (χ4v) is 3.74. The van der Waals surface area contributed by atoms with Crippen molar-refractivity contribution >= 4 is 17.3 Å². The normalized spacial score (nSPS) is 12.2. The molecule has 1 aliphatic rings. The van der Waals surface area contributed by atoms with Crippen LogP contribution in [0.15, 0.2) is 23.0 Å². The van der Waals surface area contributed by atoms with Gasteiger partial charge in [-0.3, -0.25) is 14.2 Å². The Balaban J connectivity index is 1.99. The average molecular weight is 289 g/mol. The molecule has 0 spiro atoms. The lowest BCUT2D eigenvalue weighted by Gasteiger charge is -2.07. The molecule has 0 radical (unpaired) electrons. The largest absolute Gasteiger partial charge is 0.481 e. The molecule has 3 rings (SSSR count). The van der Waals surface area contributed by atoms with Gasteiger partial charge in [0.25, 0.3) is 0 Å². The van der Waals surface area contributed by atoms with E-state index in [1.54, 1.807) is 4.57 Å². The van der Waals surface area contributed by atoms with E-state index in [1.807, 2.05) is 6.92 Å². The van der Waals surface area contributed by atoms with E-state index in [2.05, 4.69) is 18.2 Å². The highest BCUT2D eigenvalue weighted by atomic mass is 32.1. The molecule has 0 saturated carbocycles. The lowest BCUT2D eigenvalue weighted by Crippen LogP contribution is -2.15. The molecule has 20 heavy (non-hydrogen) atoms. The molecule has 0 amide bonds. The summed E-state index contributed by atoms with van der Waals surface area (Å²) in [5.74, 6) is -0.818. The first-order chi connectivity index (χ1) is 9.56. The van der Waals surface area contributed by atoms with Gasteiger partial charge in [-0.15, -0.1) is 0 Å². The molecular formula is C15H15NO3S. The molecule has 2 aromatic rings. The zero-order valence-electron chi connectivity index (χ0n) is 11.2. The number of aryl methyl sites for hydroxylation is 1. The minimum atomic E-state index is -0.818. The molecule has 5 heteroatoms. The summed E-state index contributed by atoms with van der Waals surface area (Å²) in [4.78, 5) is 23.8. The van der Waals surface area contributed by atoms with Crippen molar-refractivity contribution in [3.05, 3.63) is 43.9 Å². The number of rotatable bonds is 4. The molecule has 1 aromatic heterocycles. The molecule has 104 valence electrons. The van der Waals surface area contributed by atoms with Crippen LogP contribution >= 0.6 is 11.3 Å². The van der Waals surface area contributed by atoms with Gasteiger partial charge in [0.05, 0.1) is 5.69 Å². The number of carboxylic acid groups (broad SMARTS) is 1. The number of fused-ring (bicyclic) bond motifs is 3. The van der Waals surface area contributed by atoms with Crippen LogP contribution in [-0.4, -0.2) is 15.6 Å². The number of aliphatic carboxylic acids is 1. The molecular weight excluding hydrogens is 274 g/mol. The molecule has 1 heterocycles. The molecule has 0 unspecified atom stereocenters. The van der Waals surface area contributed by atoms with Gasteiger partial charge in [0.15, 0.2) is 0 Å². The summed E-state index contributed by atoms with van der Waals surface area (Å²) in [7, 11) is 0. The summed E-state index contributed by atoms with van der Waals surface area (Å²) in [6.45, 7) is 2.52. The number of hydrogen-bond acceptors (Lipinski definition) is 3. The number of carboxylic acids is 1. The topological polar surface area (TPSA) is 59.3 Å². The van der Waals surface area contributed by atoms with Crippen molar-refractivity contribution in [3.8, 4) is 11.3 Å². The Kier molecular flexibility index (Phi) is 3.22. The van der Waals surface area contributed by atoms with Crippen molar-refractivity contribution in [1.82, 2.24) is 4.57 Å². The lowest BCUT2D eigenvalue weighted by atomic mass is 10.1. The quantitative estimate of drug-likeness (QED) is 0.803. The van der Waals surface area contributed by atoms with E-state index in [4.69, 9.17) is 5.11 Å². The van der Waals surface area contributed by atoms with Gasteiger partial charge in [-0.1, -0.05) is 29.0 Å². The van der Waals surface area contributed by atoms with Gasteiger partial charge in [-0.05, 0) is 25.0 Å². The van der Waals surface area contributed by atoms with Gasteiger partial charge in [0.2, 0.25) is 0 Å². The Morgan fingerprint density at radius 1 is 1.45 bits per heavy atom. The fourth-order valence-electron chi connectivity index (χ4n) is 2.70. The van der Waals surface area contributed by atoms with Crippen LogP contribution in [0.1, 0.15) is 28.8 Å². The van der Waals surface area contributed by atoms with E-state index in [1.165, 1.54) is 22.5 Å². The van der Waals surface area contributed by atoms with E-state index in [0.29, 0.717) is 13.0 Å². The second kappa shape index (κ2) is 4.90. The van der Waals surface area contributed by atoms with Crippen LogP contribution in [0, 0.1) is 6.92 Å². The van der Waals surface area contributed by atoms with Crippen LogP contribution in [0.3, 0.4) is 0 Å². The molecule has 0 atom stereocenters. The van der Waals surface area contributed by atoms with E-state index >= 15 is 0 Å². The number of hydrogen-bond donors (Lipinski definition) is 1. The van der Waals surface area contributed by atoms with Crippen LogP contribution in [0.25, 0.3) is 11.3 Å². The Bertz CT molecular complexity index is 742. The van der Waals surface area contributed by atoms with E-state index in [0.717, 1.165) is 22.6 Å². The van der Waals surface area contributed by atoms with Crippen LogP contribution < -0.4 is 4.87 Å². The lowest BCUT2D eigenvalue weighted by molar-refractivity contribution is -0.137. The molecule has 1 N–H and O–H groups in total. The maximum Gasteiger partial charge on any atom is 0.307 e. The standard InChI is InChI=1S/C15H15NO3S/c1-9-4-5-10-8-12-14(11(10)7-9)16(15(19)20-12)6-2-3-13(17)18/h4-5,7H,2-3,6,8H2,1H3,(H,17,18).